The Hall–Kier alpha value is -2.92. The molecule has 0 aromatic heterocycles. The Morgan fingerprint density at radius 2 is 0.703 bits per heavy atom. The summed E-state index contributed by atoms with van der Waals surface area (Å²) in [4.78, 5) is 25.4. The first-order valence-corrected chi connectivity index (χ1v) is 27.1. The topological polar surface area (TPSA) is 61.8 Å². The lowest BCUT2D eigenvalue weighted by Gasteiger charge is -2.18. The molecule has 0 aliphatic heterocycles. The summed E-state index contributed by atoms with van der Waals surface area (Å²) in [5.41, 5.74) is 0. The molecule has 0 aliphatic carbocycles. The molecule has 368 valence electrons. The van der Waals surface area contributed by atoms with E-state index in [1.165, 1.54) is 116 Å². The highest BCUT2D eigenvalue weighted by Crippen LogP contribution is 2.15. The van der Waals surface area contributed by atoms with E-state index in [4.69, 9.17) is 14.2 Å². The van der Waals surface area contributed by atoms with Crippen molar-refractivity contribution < 1.29 is 23.8 Å². The van der Waals surface area contributed by atoms with Gasteiger partial charge < -0.3 is 14.2 Å². The van der Waals surface area contributed by atoms with Crippen LogP contribution in [0, 0.1) is 0 Å². The van der Waals surface area contributed by atoms with Crippen LogP contribution in [0.15, 0.2) is 85.1 Å². The van der Waals surface area contributed by atoms with Gasteiger partial charge in [0, 0.05) is 19.4 Å². The molecule has 5 nitrogen and oxygen atoms in total. The zero-order valence-electron chi connectivity index (χ0n) is 42.3. The van der Waals surface area contributed by atoms with Crippen molar-refractivity contribution in [2.75, 3.05) is 19.8 Å². The minimum Gasteiger partial charge on any atom is -0.462 e. The van der Waals surface area contributed by atoms with Crippen LogP contribution in [0.5, 0.6) is 0 Å². The number of carbonyl (C=O) groups is 2. The Morgan fingerprint density at radius 1 is 0.359 bits per heavy atom. The smallest absolute Gasteiger partial charge is 0.306 e. The third-order valence-corrected chi connectivity index (χ3v) is 11.4. The van der Waals surface area contributed by atoms with Crippen molar-refractivity contribution in [2.24, 2.45) is 0 Å². The van der Waals surface area contributed by atoms with Gasteiger partial charge in [0.05, 0.1) is 6.61 Å². The van der Waals surface area contributed by atoms with E-state index < -0.39 is 6.10 Å². The standard InChI is InChI=1S/C59H102O5/c1-4-7-10-13-16-19-22-25-27-29-31-33-36-39-42-45-48-51-54-62-55-57(64-59(61)53-50-47-44-41-38-34-24-21-18-15-12-9-6-3)56-63-58(60)52-49-46-43-40-37-35-32-30-28-26-23-20-17-14-11-8-5-2/h7,9-10,12,16,18-19,21,25,27,31,33-34,38,57H,4-6,8,11,13-15,17,20,22-24,26,28-30,32,35-37,39-56H2,1-3H3/b10-7-,12-9-,19-16-,21-18-,27-25-,33-31-,38-34-. The zero-order chi connectivity index (χ0) is 46.3. The van der Waals surface area contributed by atoms with Gasteiger partial charge in [-0.15, -0.1) is 0 Å². The summed E-state index contributed by atoms with van der Waals surface area (Å²) in [7, 11) is 0. The summed E-state index contributed by atoms with van der Waals surface area (Å²) in [6.07, 6.45) is 71.7. The summed E-state index contributed by atoms with van der Waals surface area (Å²) in [5.74, 6) is -0.437. The van der Waals surface area contributed by atoms with E-state index in [9.17, 15) is 9.59 Å². The van der Waals surface area contributed by atoms with Crippen molar-refractivity contribution in [2.45, 2.75) is 258 Å². The molecule has 0 spiro atoms. The van der Waals surface area contributed by atoms with Crippen LogP contribution in [-0.2, 0) is 23.8 Å². The van der Waals surface area contributed by atoms with Gasteiger partial charge in [0.2, 0.25) is 0 Å². The number of hydrogen-bond acceptors (Lipinski definition) is 5. The second-order valence-corrected chi connectivity index (χ2v) is 17.7. The first-order chi connectivity index (χ1) is 31.6. The highest BCUT2D eigenvalue weighted by molar-refractivity contribution is 5.70. The fourth-order valence-corrected chi connectivity index (χ4v) is 7.46. The molecular weight excluding hydrogens is 789 g/mol. The van der Waals surface area contributed by atoms with E-state index >= 15 is 0 Å². The Balaban J connectivity index is 4.31. The second-order valence-electron chi connectivity index (χ2n) is 17.7. The van der Waals surface area contributed by atoms with Crippen LogP contribution >= 0.6 is 0 Å². The maximum Gasteiger partial charge on any atom is 0.306 e. The van der Waals surface area contributed by atoms with E-state index in [-0.39, 0.29) is 25.2 Å². The van der Waals surface area contributed by atoms with Gasteiger partial charge >= 0.3 is 11.9 Å². The van der Waals surface area contributed by atoms with Crippen LogP contribution in [0.25, 0.3) is 0 Å². The third-order valence-electron chi connectivity index (χ3n) is 11.4. The van der Waals surface area contributed by atoms with Crippen LogP contribution in [0.1, 0.15) is 252 Å². The summed E-state index contributed by atoms with van der Waals surface area (Å²) >= 11 is 0. The van der Waals surface area contributed by atoms with Crippen molar-refractivity contribution in [3.8, 4) is 0 Å². The van der Waals surface area contributed by atoms with Gasteiger partial charge in [-0.25, -0.2) is 0 Å². The summed E-state index contributed by atoms with van der Waals surface area (Å²) < 4.78 is 17.4. The van der Waals surface area contributed by atoms with Crippen LogP contribution < -0.4 is 0 Å². The molecule has 0 radical (unpaired) electrons. The van der Waals surface area contributed by atoms with Crippen molar-refractivity contribution in [3.05, 3.63) is 85.1 Å². The summed E-state index contributed by atoms with van der Waals surface area (Å²) in [6, 6.07) is 0. The monoisotopic (exact) mass is 891 g/mol. The number of hydrogen-bond donors (Lipinski definition) is 0. The molecular formula is C59H102O5. The number of allylic oxidation sites excluding steroid dienone is 14. The molecule has 0 saturated carbocycles. The Kier molecular flexibility index (Phi) is 51.9. The second kappa shape index (κ2) is 54.4. The highest BCUT2D eigenvalue weighted by atomic mass is 16.6. The molecule has 0 rings (SSSR count). The van der Waals surface area contributed by atoms with Crippen LogP contribution in [0.3, 0.4) is 0 Å². The molecule has 0 saturated heterocycles. The van der Waals surface area contributed by atoms with Gasteiger partial charge in [-0.2, -0.15) is 0 Å². The van der Waals surface area contributed by atoms with Gasteiger partial charge in [0.25, 0.3) is 0 Å². The first-order valence-electron chi connectivity index (χ1n) is 27.1. The molecule has 0 fully saturated rings. The Morgan fingerprint density at radius 3 is 1.14 bits per heavy atom. The van der Waals surface area contributed by atoms with E-state index in [0.29, 0.717) is 19.4 Å². The van der Waals surface area contributed by atoms with Crippen LogP contribution in [0.4, 0.5) is 0 Å². The van der Waals surface area contributed by atoms with E-state index in [2.05, 4.69) is 106 Å². The van der Waals surface area contributed by atoms with Crippen molar-refractivity contribution in [1.29, 1.82) is 0 Å². The lowest BCUT2D eigenvalue weighted by atomic mass is 10.0. The molecule has 0 aliphatic rings. The van der Waals surface area contributed by atoms with Gasteiger partial charge in [-0.1, -0.05) is 234 Å². The largest absolute Gasteiger partial charge is 0.462 e. The van der Waals surface area contributed by atoms with E-state index in [1.807, 2.05) is 0 Å². The minimum atomic E-state index is -0.563. The highest BCUT2D eigenvalue weighted by Gasteiger charge is 2.17. The molecule has 64 heavy (non-hydrogen) atoms. The van der Waals surface area contributed by atoms with Crippen molar-refractivity contribution in [3.63, 3.8) is 0 Å². The molecule has 0 bridgehead atoms. The maximum atomic E-state index is 12.8. The number of rotatable bonds is 49. The molecule has 0 aromatic rings. The lowest BCUT2D eigenvalue weighted by Crippen LogP contribution is -2.30. The minimum absolute atomic E-state index is 0.0644. The Bertz CT molecular complexity index is 1190. The maximum absolute atomic E-state index is 12.8. The van der Waals surface area contributed by atoms with Gasteiger partial charge in [-0.05, 0) is 89.9 Å². The predicted octanol–water partition coefficient (Wildman–Crippen LogP) is 18.5. The molecule has 1 atom stereocenters. The van der Waals surface area contributed by atoms with Crippen molar-refractivity contribution >= 4 is 11.9 Å². The first kappa shape index (κ1) is 61.1. The number of carbonyl (C=O) groups excluding carboxylic acids is 2. The van der Waals surface area contributed by atoms with E-state index in [0.717, 1.165) is 103 Å². The average molecular weight is 891 g/mol. The van der Waals surface area contributed by atoms with E-state index in [1.54, 1.807) is 0 Å². The fraction of sp³-hybridized carbons (Fsp3) is 0.729. The number of ether oxygens (including phenoxy) is 3. The lowest BCUT2D eigenvalue weighted by molar-refractivity contribution is -0.163. The SMILES string of the molecule is CC/C=C\C/C=C\C/C=C\C/C=C\CCCCCCCOCC(COC(=O)CCCCCCCCCCCCCCCCCCC)OC(=O)CCCCC/C=C\C/C=C\C/C=C\CC. The van der Waals surface area contributed by atoms with Crippen LogP contribution in [-0.4, -0.2) is 37.9 Å². The van der Waals surface area contributed by atoms with Crippen LogP contribution in [0.2, 0.25) is 0 Å². The summed E-state index contributed by atoms with van der Waals surface area (Å²) in [5, 5.41) is 0. The number of unbranched alkanes of at least 4 members (excludes halogenated alkanes) is 24. The van der Waals surface area contributed by atoms with Crippen molar-refractivity contribution in [1.82, 2.24) is 0 Å². The quantitative estimate of drug-likeness (QED) is 0.0346. The molecule has 0 amide bonds. The average Bonchev–Trinajstić information content (AvgIpc) is 3.30. The molecule has 0 aromatic carbocycles. The molecule has 5 heteroatoms. The van der Waals surface area contributed by atoms with Gasteiger partial charge in [0.1, 0.15) is 6.61 Å². The normalized spacial score (nSPS) is 12.9. The number of esters is 2. The predicted molar refractivity (Wildman–Crippen MR) is 279 cm³/mol. The van der Waals surface area contributed by atoms with Gasteiger partial charge in [0.15, 0.2) is 6.10 Å². The van der Waals surface area contributed by atoms with Gasteiger partial charge in [-0.3, -0.25) is 9.59 Å². The molecule has 0 heterocycles. The molecule has 1 unspecified atom stereocenters. The zero-order valence-corrected chi connectivity index (χ0v) is 42.3. The summed E-state index contributed by atoms with van der Waals surface area (Å²) in [6.45, 7) is 7.55. The fourth-order valence-electron chi connectivity index (χ4n) is 7.46. The molecule has 0 N–H and O–H groups in total. The third kappa shape index (κ3) is 51.7. The Labute approximate surface area is 397 Å².